The number of carbonyl (C=O) groups is 1. The zero-order chi connectivity index (χ0) is 11.8. The lowest BCUT2D eigenvalue weighted by atomic mass is 9.86. The lowest BCUT2D eigenvalue weighted by molar-refractivity contribution is -0.213. The second kappa shape index (κ2) is 4.15. The molecule has 2 aliphatic rings. The van der Waals surface area contributed by atoms with Crippen molar-refractivity contribution in [2.45, 2.75) is 32.0 Å². The Hall–Kier alpha value is -1.35. The third-order valence-electron chi connectivity index (χ3n) is 3.84. The molecular weight excluding hydrogens is 214 g/mol. The maximum atomic E-state index is 12.1. The number of hydrogen-bond acceptors (Lipinski definition) is 2. The van der Waals surface area contributed by atoms with E-state index in [2.05, 4.69) is 19.1 Å². The largest absolute Gasteiger partial charge is 0.357 e. The molecule has 0 bridgehead atoms. The average molecular weight is 231 g/mol. The summed E-state index contributed by atoms with van der Waals surface area (Å²) in [6, 6.07) is 10.3. The molecule has 0 spiro atoms. The molecule has 0 unspecified atom stereocenters. The molecule has 1 amide bonds. The highest BCUT2D eigenvalue weighted by Crippen LogP contribution is 2.40. The first-order chi connectivity index (χ1) is 8.29. The summed E-state index contributed by atoms with van der Waals surface area (Å²) in [5.74, 6) is 0.376. The van der Waals surface area contributed by atoms with E-state index in [1.165, 1.54) is 5.56 Å². The standard InChI is InChI=1S/C14H17NO2/c1-10(11-6-3-2-4-7-11)15-13(16)12-8-5-9-17-14(12)15/h2-4,6-7,10,12,14H,5,8-9H2,1H3/t10-,12+,14+/m0/s1. The molecule has 90 valence electrons. The normalized spacial score (nSPS) is 29.5. The molecule has 3 rings (SSSR count). The molecule has 3 nitrogen and oxygen atoms in total. The number of ether oxygens (including phenoxy) is 1. The second-order valence-electron chi connectivity index (χ2n) is 4.84. The van der Waals surface area contributed by atoms with Gasteiger partial charge in [0, 0.05) is 6.61 Å². The second-order valence-corrected chi connectivity index (χ2v) is 4.84. The molecule has 0 N–H and O–H groups in total. The Kier molecular flexibility index (Phi) is 2.63. The summed E-state index contributed by atoms with van der Waals surface area (Å²) in [7, 11) is 0. The minimum atomic E-state index is 0.0199. The average Bonchev–Trinajstić information content (AvgIpc) is 2.39. The van der Waals surface area contributed by atoms with Gasteiger partial charge in [-0.05, 0) is 25.3 Å². The van der Waals surface area contributed by atoms with Crippen molar-refractivity contribution in [2.24, 2.45) is 5.92 Å². The Balaban J connectivity index is 1.79. The van der Waals surface area contributed by atoms with E-state index in [0.717, 1.165) is 19.4 Å². The summed E-state index contributed by atoms with van der Waals surface area (Å²) in [6.07, 6.45) is 2.02. The van der Waals surface area contributed by atoms with E-state index in [1.807, 2.05) is 23.1 Å². The first-order valence-corrected chi connectivity index (χ1v) is 6.28. The molecule has 2 heterocycles. The summed E-state index contributed by atoms with van der Waals surface area (Å²) in [6.45, 7) is 2.86. The van der Waals surface area contributed by atoms with E-state index in [-0.39, 0.29) is 24.1 Å². The SMILES string of the molecule is C[C@@H](c1ccccc1)N1C(=O)[C@H]2CCCO[C@H]21. The maximum Gasteiger partial charge on any atom is 0.232 e. The van der Waals surface area contributed by atoms with Crippen LogP contribution in [-0.2, 0) is 9.53 Å². The summed E-state index contributed by atoms with van der Waals surface area (Å²) in [4.78, 5) is 13.9. The van der Waals surface area contributed by atoms with Crippen LogP contribution in [-0.4, -0.2) is 23.6 Å². The van der Waals surface area contributed by atoms with Crippen LogP contribution in [0.5, 0.6) is 0 Å². The van der Waals surface area contributed by atoms with Gasteiger partial charge in [-0.15, -0.1) is 0 Å². The van der Waals surface area contributed by atoms with Gasteiger partial charge >= 0.3 is 0 Å². The predicted molar refractivity (Wildman–Crippen MR) is 64.2 cm³/mol. The number of rotatable bonds is 2. The van der Waals surface area contributed by atoms with Crippen molar-refractivity contribution in [3.05, 3.63) is 35.9 Å². The summed E-state index contributed by atoms with van der Waals surface area (Å²) >= 11 is 0. The molecule has 0 radical (unpaired) electrons. The van der Waals surface area contributed by atoms with Gasteiger partial charge in [0.1, 0.15) is 6.23 Å². The molecule has 3 heteroatoms. The van der Waals surface area contributed by atoms with E-state index in [4.69, 9.17) is 4.74 Å². The molecule has 0 saturated carbocycles. The fraction of sp³-hybridized carbons (Fsp3) is 0.500. The van der Waals surface area contributed by atoms with Crippen LogP contribution in [0.1, 0.15) is 31.4 Å². The lowest BCUT2D eigenvalue weighted by Gasteiger charge is -2.51. The Morgan fingerprint density at radius 3 is 2.88 bits per heavy atom. The minimum absolute atomic E-state index is 0.0199. The van der Waals surface area contributed by atoms with E-state index < -0.39 is 0 Å². The van der Waals surface area contributed by atoms with Gasteiger partial charge in [-0.25, -0.2) is 0 Å². The summed E-state index contributed by atoms with van der Waals surface area (Å²) < 4.78 is 5.71. The van der Waals surface area contributed by atoms with Gasteiger partial charge in [-0.2, -0.15) is 0 Å². The molecule has 0 aliphatic carbocycles. The zero-order valence-corrected chi connectivity index (χ0v) is 10.0. The van der Waals surface area contributed by atoms with Crippen molar-refractivity contribution < 1.29 is 9.53 Å². The van der Waals surface area contributed by atoms with Crippen LogP contribution in [0.4, 0.5) is 0 Å². The first kappa shape index (κ1) is 10.8. The number of nitrogens with zero attached hydrogens (tertiary/aromatic N) is 1. The fourth-order valence-electron chi connectivity index (χ4n) is 2.82. The van der Waals surface area contributed by atoms with Crippen LogP contribution in [0, 0.1) is 5.92 Å². The van der Waals surface area contributed by atoms with Crippen LogP contribution in [0.2, 0.25) is 0 Å². The molecular formula is C14H17NO2. The molecule has 17 heavy (non-hydrogen) atoms. The molecule has 2 aliphatic heterocycles. The number of fused-ring (bicyclic) bond motifs is 1. The van der Waals surface area contributed by atoms with Crippen molar-refractivity contribution >= 4 is 5.91 Å². The number of benzene rings is 1. The van der Waals surface area contributed by atoms with Gasteiger partial charge in [0.15, 0.2) is 0 Å². The van der Waals surface area contributed by atoms with E-state index >= 15 is 0 Å². The predicted octanol–water partition coefficient (Wildman–Crippen LogP) is 2.34. The van der Waals surface area contributed by atoms with Crippen molar-refractivity contribution in [1.82, 2.24) is 4.90 Å². The molecule has 2 fully saturated rings. The van der Waals surface area contributed by atoms with Crippen molar-refractivity contribution in [3.8, 4) is 0 Å². The number of likely N-dealkylation sites (tertiary alicyclic amines) is 1. The van der Waals surface area contributed by atoms with Gasteiger partial charge in [0.2, 0.25) is 5.91 Å². The number of amides is 1. The quantitative estimate of drug-likeness (QED) is 0.731. The molecule has 0 aromatic heterocycles. The Bertz CT molecular complexity index is 417. The fourth-order valence-corrected chi connectivity index (χ4v) is 2.82. The van der Waals surface area contributed by atoms with E-state index in [0.29, 0.717) is 0 Å². The lowest BCUT2D eigenvalue weighted by Crippen LogP contribution is -2.63. The van der Waals surface area contributed by atoms with Gasteiger partial charge in [-0.3, -0.25) is 4.79 Å². The van der Waals surface area contributed by atoms with Crippen LogP contribution < -0.4 is 0 Å². The van der Waals surface area contributed by atoms with E-state index in [1.54, 1.807) is 0 Å². The van der Waals surface area contributed by atoms with Crippen molar-refractivity contribution in [2.75, 3.05) is 6.61 Å². The topological polar surface area (TPSA) is 29.5 Å². The van der Waals surface area contributed by atoms with Gasteiger partial charge in [0.05, 0.1) is 12.0 Å². The highest BCUT2D eigenvalue weighted by Gasteiger charge is 2.51. The smallest absolute Gasteiger partial charge is 0.232 e. The van der Waals surface area contributed by atoms with Crippen LogP contribution >= 0.6 is 0 Å². The third-order valence-corrected chi connectivity index (χ3v) is 3.84. The third kappa shape index (κ3) is 1.65. The molecule has 1 aromatic rings. The monoisotopic (exact) mass is 231 g/mol. The highest BCUT2D eigenvalue weighted by molar-refractivity contribution is 5.86. The van der Waals surface area contributed by atoms with Gasteiger partial charge in [-0.1, -0.05) is 30.3 Å². The zero-order valence-electron chi connectivity index (χ0n) is 10.0. The number of β-lactam (4-membered cyclic amide) rings is 1. The van der Waals surface area contributed by atoms with Gasteiger partial charge < -0.3 is 9.64 Å². The molecule has 3 atom stereocenters. The Labute approximate surface area is 101 Å². The van der Waals surface area contributed by atoms with Crippen molar-refractivity contribution in [3.63, 3.8) is 0 Å². The minimum Gasteiger partial charge on any atom is -0.357 e. The number of carbonyl (C=O) groups excluding carboxylic acids is 1. The number of hydrogen-bond donors (Lipinski definition) is 0. The van der Waals surface area contributed by atoms with Crippen molar-refractivity contribution in [1.29, 1.82) is 0 Å². The van der Waals surface area contributed by atoms with E-state index in [9.17, 15) is 4.79 Å². The van der Waals surface area contributed by atoms with Crippen LogP contribution in [0.25, 0.3) is 0 Å². The maximum absolute atomic E-state index is 12.1. The molecule has 1 aromatic carbocycles. The first-order valence-electron chi connectivity index (χ1n) is 6.28. The van der Waals surface area contributed by atoms with Gasteiger partial charge in [0.25, 0.3) is 0 Å². The molecule has 2 saturated heterocycles. The summed E-state index contributed by atoms with van der Waals surface area (Å²) in [5, 5.41) is 0. The van der Waals surface area contributed by atoms with Crippen LogP contribution in [0.15, 0.2) is 30.3 Å². The Morgan fingerprint density at radius 2 is 2.12 bits per heavy atom. The highest BCUT2D eigenvalue weighted by atomic mass is 16.5. The summed E-state index contributed by atoms with van der Waals surface area (Å²) in [5.41, 5.74) is 1.17. The Morgan fingerprint density at radius 1 is 1.35 bits per heavy atom. The van der Waals surface area contributed by atoms with Crippen LogP contribution in [0.3, 0.4) is 0 Å².